The van der Waals surface area contributed by atoms with E-state index in [0.29, 0.717) is 25.9 Å². The first-order valence-electron chi connectivity index (χ1n) is 9.22. The third kappa shape index (κ3) is 5.24. The lowest BCUT2D eigenvalue weighted by atomic mass is 10.1. The zero-order chi connectivity index (χ0) is 20.1. The van der Waals surface area contributed by atoms with Crippen LogP contribution >= 0.6 is 11.3 Å². The smallest absolute Gasteiger partial charge is 0.224 e. The van der Waals surface area contributed by atoms with Crippen LogP contribution in [0.25, 0.3) is 16.1 Å². The number of carbonyl (C=O) groups excluding carboxylic acids is 1. The summed E-state index contributed by atoms with van der Waals surface area (Å²) >= 11 is 1.50. The molecule has 0 aromatic carbocycles. The minimum atomic E-state index is -3.18. The van der Waals surface area contributed by atoms with Gasteiger partial charge in [0.05, 0.1) is 40.6 Å². The molecule has 0 atom stereocenters. The summed E-state index contributed by atoms with van der Waals surface area (Å²) in [5.41, 5.74) is 3.27. The van der Waals surface area contributed by atoms with Crippen LogP contribution in [0, 0.1) is 0 Å². The van der Waals surface area contributed by atoms with Crippen molar-refractivity contribution in [2.24, 2.45) is 0 Å². The summed E-state index contributed by atoms with van der Waals surface area (Å²) in [6.45, 7) is 2.86. The number of sulfonamides is 1. The molecule has 0 spiro atoms. The van der Waals surface area contributed by atoms with Gasteiger partial charge in [-0.15, -0.1) is 11.3 Å². The molecular weight excluding hydrogens is 396 g/mol. The molecule has 2 aromatic rings. The predicted molar refractivity (Wildman–Crippen MR) is 113 cm³/mol. The SMILES string of the molecule is CCCCC(=O)Nc1csc(-c2cncc(C3=CCN(S(C)(=O)=O)CC3)n2)c1. The van der Waals surface area contributed by atoms with E-state index in [-0.39, 0.29) is 5.91 Å². The Kier molecular flexibility index (Phi) is 6.58. The van der Waals surface area contributed by atoms with E-state index in [9.17, 15) is 13.2 Å². The third-order valence-corrected chi connectivity index (χ3v) is 6.72. The van der Waals surface area contributed by atoms with E-state index in [0.717, 1.165) is 40.4 Å². The van der Waals surface area contributed by atoms with Crippen LogP contribution in [0.2, 0.25) is 0 Å². The van der Waals surface area contributed by atoms with Crippen LogP contribution in [0.4, 0.5) is 5.69 Å². The summed E-state index contributed by atoms with van der Waals surface area (Å²) < 4.78 is 24.7. The molecule has 0 radical (unpaired) electrons. The predicted octanol–water partition coefficient (Wildman–Crippen LogP) is 3.38. The van der Waals surface area contributed by atoms with Gasteiger partial charge in [-0.05, 0) is 24.5 Å². The molecule has 7 nitrogen and oxygen atoms in total. The van der Waals surface area contributed by atoms with Crippen molar-refractivity contribution in [2.75, 3.05) is 24.7 Å². The summed E-state index contributed by atoms with van der Waals surface area (Å²) in [7, 11) is -3.18. The monoisotopic (exact) mass is 420 g/mol. The number of unbranched alkanes of at least 4 members (excludes halogenated alkanes) is 1. The zero-order valence-electron chi connectivity index (χ0n) is 16.0. The minimum Gasteiger partial charge on any atom is -0.325 e. The molecule has 150 valence electrons. The molecule has 1 amide bonds. The fourth-order valence-corrected chi connectivity index (χ4v) is 4.48. The van der Waals surface area contributed by atoms with Crippen molar-refractivity contribution < 1.29 is 13.2 Å². The van der Waals surface area contributed by atoms with Crippen LogP contribution in [-0.2, 0) is 14.8 Å². The Morgan fingerprint density at radius 2 is 2.11 bits per heavy atom. The van der Waals surface area contributed by atoms with E-state index < -0.39 is 10.0 Å². The number of carbonyl (C=O) groups is 1. The number of rotatable bonds is 7. The first-order valence-corrected chi connectivity index (χ1v) is 11.9. The Hall–Kier alpha value is -2.10. The lowest BCUT2D eigenvalue weighted by molar-refractivity contribution is -0.116. The van der Waals surface area contributed by atoms with Crippen molar-refractivity contribution in [1.29, 1.82) is 0 Å². The molecule has 0 aliphatic carbocycles. The molecule has 3 heterocycles. The van der Waals surface area contributed by atoms with Crippen LogP contribution < -0.4 is 5.32 Å². The van der Waals surface area contributed by atoms with Gasteiger partial charge >= 0.3 is 0 Å². The Morgan fingerprint density at radius 1 is 1.32 bits per heavy atom. The molecule has 0 saturated heterocycles. The minimum absolute atomic E-state index is 0.0221. The average Bonchev–Trinajstić information content (AvgIpc) is 3.14. The number of hydrogen-bond acceptors (Lipinski definition) is 6. The maximum Gasteiger partial charge on any atom is 0.224 e. The number of anilines is 1. The Labute approximate surface area is 169 Å². The second-order valence-corrected chi connectivity index (χ2v) is 9.63. The summed E-state index contributed by atoms with van der Waals surface area (Å²) in [4.78, 5) is 21.8. The van der Waals surface area contributed by atoms with Crippen molar-refractivity contribution >= 4 is 38.5 Å². The molecule has 28 heavy (non-hydrogen) atoms. The van der Waals surface area contributed by atoms with Crippen LogP contribution in [0.15, 0.2) is 29.9 Å². The second-order valence-electron chi connectivity index (χ2n) is 6.74. The van der Waals surface area contributed by atoms with E-state index in [1.54, 1.807) is 12.4 Å². The van der Waals surface area contributed by atoms with Gasteiger partial charge in [0.1, 0.15) is 0 Å². The van der Waals surface area contributed by atoms with E-state index in [4.69, 9.17) is 4.98 Å². The van der Waals surface area contributed by atoms with E-state index >= 15 is 0 Å². The van der Waals surface area contributed by atoms with Crippen LogP contribution in [0.3, 0.4) is 0 Å². The normalized spacial score (nSPS) is 15.3. The first-order chi connectivity index (χ1) is 13.4. The summed E-state index contributed by atoms with van der Waals surface area (Å²) in [5.74, 6) is 0.0221. The highest BCUT2D eigenvalue weighted by Gasteiger charge is 2.21. The highest BCUT2D eigenvalue weighted by Crippen LogP contribution is 2.30. The molecule has 1 aliphatic rings. The molecule has 0 saturated carbocycles. The van der Waals surface area contributed by atoms with E-state index in [2.05, 4.69) is 17.2 Å². The molecule has 2 aromatic heterocycles. The molecule has 1 N–H and O–H groups in total. The Balaban J connectivity index is 1.72. The maximum absolute atomic E-state index is 11.9. The summed E-state index contributed by atoms with van der Waals surface area (Å²) in [5, 5.41) is 4.81. The molecule has 1 aliphatic heterocycles. The third-order valence-electron chi connectivity index (χ3n) is 4.50. The molecule has 3 rings (SSSR count). The quantitative estimate of drug-likeness (QED) is 0.741. The van der Waals surface area contributed by atoms with Gasteiger partial charge < -0.3 is 5.32 Å². The van der Waals surface area contributed by atoms with Gasteiger partial charge in [-0.2, -0.15) is 4.31 Å². The van der Waals surface area contributed by atoms with E-state index in [1.807, 2.05) is 17.5 Å². The van der Waals surface area contributed by atoms with Crippen LogP contribution in [0.1, 0.15) is 38.3 Å². The van der Waals surface area contributed by atoms with Crippen LogP contribution in [0.5, 0.6) is 0 Å². The zero-order valence-corrected chi connectivity index (χ0v) is 17.6. The Bertz CT molecular complexity index is 983. The first kappa shape index (κ1) is 20.6. The van der Waals surface area contributed by atoms with Gasteiger partial charge in [-0.25, -0.2) is 13.4 Å². The molecule has 9 heteroatoms. The lowest BCUT2D eigenvalue weighted by Gasteiger charge is -2.23. The number of nitrogens with zero attached hydrogens (tertiary/aromatic N) is 3. The van der Waals surface area contributed by atoms with Crippen molar-refractivity contribution in [3.63, 3.8) is 0 Å². The highest BCUT2D eigenvalue weighted by atomic mass is 32.2. The number of hydrogen-bond donors (Lipinski definition) is 1. The van der Waals surface area contributed by atoms with Gasteiger partial charge in [-0.3, -0.25) is 9.78 Å². The average molecular weight is 421 g/mol. The Morgan fingerprint density at radius 3 is 2.79 bits per heavy atom. The van der Waals surface area contributed by atoms with Gasteiger partial charge in [0.15, 0.2) is 0 Å². The van der Waals surface area contributed by atoms with Crippen molar-refractivity contribution in [3.8, 4) is 10.6 Å². The summed E-state index contributed by atoms with van der Waals surface area (Å²) in [6.07, 6.45) is 9.51. The van der Waals surface area contributed by atoms with Gasteiger partial charge in [-0.1, -0.05) is 19.4 Å². The highest BCUT2D eigenvalue weighted by molar-refractivity contribution is 7.88. The second kappa shape index (κ2) is 8.93. The molecule has 0 unspecified atom stereocenters. The fourth-order valence-electron chi connectivity index (χ4n) is 2.92. The molecule has 0 bridgehead atoms. The topological polar surface area (TPSA) is 92.3 Å². The van der Waals surface area contributed by atoms with E-state index in [1.165, 1.54) is 21.9 Å². The standard InChI is InChI=1S/C19H24N4O3S2/c1-3-4-5-19(24)21-15-10-18(27-13-15)17-12-20-11-16(22-17)14-6-8-23(9-7-14)28(2,25)26/h6,10-13H,3-5,7-9H2,1-2H3,(H,21,24). The number of amides is 1. The number of nitrogens with one attached hydrogen (secondary N) is 1. The van der Waals surface area contributed by atoms with Crippen LogP contribution in [-0.4, -0.2) is 47.9 Å². The number of aromatic nitrogens is 2. The van der Waals surface area contributed by atoms with Gasteiger partial charge in [0.2, 0.25) is 15.9 Å². The number of thiophene rings is 1. The van der Waals surface area contributed by atoms with Crippen molar-refractivity contribution in [2.45, 2.75) is 32.6 Å². The largest absolute Gasteiger partial charge is 0.325 e. The summed E-state index contributed by atoms with van der Waals surface area (Å²) in [6, 6.07) is 1.91. The fraction of sp³-hybridized carbons (Fsp3) is 0.421. The molecule has 0 fully saturated rings. The maximum atomic E-state index is 11.9. The van der Waals surface area contributed by atoms with Crippen molar-refractivity contribution in [1.82, 2.24) is 14.3 Å². The van der Waals surface area contributed by atoms with Gasteiger partial charge in [0.25, 0.3) is 0 Å². The lowest BCUT2D eigenvalue weighted by Crippen LogP contribution is -2.33. The van der Waals surface area contributed by atoms with Gasteiger partial charge in [0, 0.05) is 24.9 Å². The van der Waals surface area contributed by atoms with Crippen molar-refractivity contribution in [3.05, 3.63) is 35.6 Å². The molecular formula is C19H24N4O3S2.